The highest BCUT2D eigenvalue weighted by atomic mass is 16.2. The van der Waals surface area contributed by atoms with Crippen molar-refractivity contribution >= 4 is 5.91 Å². The molecule has 108 valence electrons. The monoisotopic (exact) mass is 257 g/mol. The first-order chi connectivity index (χ1) is 8.23. The SMILES string of the molecule is CC(C)CC(N)C(=O)N(CCN(C)C)CC(C)C. The minimum Gasteiger partial charge on any atom is -0.340 e. The summed E-state index contributed by atoms with van der Waals surface area (Å²) >= 11 is 0. The van der Waals surface area contributed by atoms with Crippen molar-refractivity contribution in [1.29, 1.82) is 0 Å². The quantitative estimate of drug-likeness (QED) is 0.715. The minimum atomic E-state index is -0.356. The number of likely N-dealkylation sites (N-methyl/N-ethyl adjacent to an activating group) is 1. The highest BCUT2D eigenvalue weighted by Gasteiger charge is 2.22. The second-order valence-electron chi connectivity index (χ2n) is 6.22. The third-order valence-corrected chi connectivity index (χ3v) is 2.76. The normalized spacial score (nSPS) is 13.4. The zero-order chi connectivity index (χ0) is 14.3. The van der Waals surface area contributed by atoms with Crippen LogP contribution in [0, 0.1) is 11.8 Å². The Morgan fingerprint density at radius 1 is 1.06 bits per heavy atom. The number of amides is 1. The molecule has 0 spiro atoms. The molecule has 0 rings (SSSR count). The smallest absolute Gasteiger partial charge is 0.239 e. The molecule has 1 amide bonds. The van der Waals surface area contributed by atoms with Gasteiger partial charge in [0.15, 0.2) is 0 Å². The molecule has 0 aliphatic rings. The van der Waals surface area contributed by atoms with Crippen LogP contribution in [0.15, 0.2) is 0 Å². The fourth-order valence-corrected chi connectivity index (χ4v) is 1.90. The van der Waals surface area contributed by atoms with E-state index in [-0.39, 0.29) is 11.9 Å². The average Bonchev–Trinajstić information content (AvgIpc) is 2.21. The van der Waals surface area contributed by atoms with E-state index in [4.69, 9.17) is 5.73 Å². The van der Waals surface area contributed by atoms with E-state index in [1.807, 2.05) is 19.0 Å². The zero-order valence-corrected chi connectivity index (χ0v) is 12.9. The lowest BCUT2D eigenvalue weighted by Crippen LogP contribution is -2.47. The van der Waals surface area contributed by atoms with Crippen LogP contribution in [-0.2, 0) is 4.79 Å². The van der Waals surface area contributed by atoms with Gasteiger partial charge in [0, 0.05) is 19.6 Å². The van der Waals surface area contributed by atoms with Gasteiger partial charge in [0.25, 0.3) is 0 Å². The van der Waals surface area contributed by atoms with Crippen LogP contribution in [0.1, 0.15) is 34.1 Å². The van der Waals surface area contributed by atoms with Gasteiger partial charge in [-0.15, -0.1) is 0 Å². The minimum absolute atomic E-state index is 0.0965. The molecule has 0 radical (unpaired) electrons. The molecule has 4 nitrogen and oxygen atoms in total. The summed E-state index contributed by atoms with van der Waals surface area (Å²) in [6.07, 6.45) is 0.759. The van der Waals surface area contributed by atoms with E-state index in [9.17, 15) is 4.79 Å². The number of hydrogen-bond acceptors (Lipinski definition) is 3. The van der Waals surface area contributed by atoms with Gasteiger partial charge in [0.1, 0.15) is 0 Å². The third-order valence-electron chi connectivity index (χ3n) is 2.76. The van der Waals surface area contributed by atoms with Crippen molar-refractivity contribution in [3.63, 3.8) is 0 Å². The van der Waals surface area contributed by atoms with Crippen LogP contribution >= 0.6 is 0 Å². The summed E-state index contributed by atoms with van der Waals surface area (Å²) in [4.78, 5) is 16.3. The second kappa shape index (κ2) is 8.48. The Bertz CT molecular complexity index is 239. The van der Waals surface area contributed by atoms with Crippen molar-refractivity contribution in [1.82, 2.24) is 9.80 Å². The van der Waals surface area contributed by atoms with Crippen LogP contribution in [0.2, 0.25) is 0 Å². The maximum Gasteiger partial charge on any atom is 0.239 e. The number of nitrogens with zero attached hydrogens (tertiary/aromatic N) is 2. The van der Waals surface area contributed by atoms with Gasteiger partial charge in [-0.1, -0.05) is 27.7 Å². The van der Waals surface area contributed by atoms with Gasteiger partial charge in [0.05, 0.1) is 6.04 Å². The van der Waals surface area contributed by atoms with E-state index in [1.54, 1.807) is 0 Å². The summed E-state index contributed by atoms with van der Waals surface area (Å²) in [5.74, 6) is 1.03. The van der Waals surface area contributed by atoms with Crippen molar-refractivity contribution in [2.75, 3.05) is 33.7 Å². The number of hydrogen-bond donors (Lipinski definition) is 1. The van der Waals surface area contributed by atoms with Crippen LogP contribution in [0.4, 0.5) is 0 Å². The van der Waals surface area contributed by atoms with E-state index in [0.717, 1.165) is 26.1 Å². The molecule has 0 saturated carbocycles. The van der Waals surface area contributed by atoms with Crippen molar-refractivity contribution in [3.8, 4) is 0 Å². The van der Waals surface area contributed by atoms with Crippen molar-refractivity contribution in [2.24, 2.45) is 17.6 Å². The summed E-state index contributed by atoms with van der Waals surface area (Å²) in [6.45, 7) is 10.9. The number of carbonyl (C=O) groups is 1. The van der Waals surface area contributed by atoms with Gasteiger partial charge in [-0.05, 0) is 32.4 Å². The van der Waals surface area contributed by atoms with Gasteiger partial charge >= 0.3 is 0 Å². The third kappa shape index (κ3) is 7.67. The Kier molecular flexibility index (Phi) is 8.20. The van der Waals surface area contributed by atoms with Crippen LogP contribution < -0.4 is 5.73 Å². The van der Waals surface area contributed by atoms with Crippen LogP contribution in [-0.4, -0.2) is 55.5 Å². The molecule has 18 heavy (non-hydrogen) atoms. The summed E-state index contributed by atoms with van der Waals surface area (Å²) in [5.41, 5.74) is 6.00. The molecular formula is C14H31N3O. The Balaban J connectivity index is 4.47. The van der Waals surface area contributed by atoms with E-state index in [0.29, 0.717) is 11.8 Å². The van der Waals surface area contributed by atoms with Crippen LogP contribution in [0.25, 0.3) is 0 Å². The lowest BCUT2D eigenvalue weighted by molar-refractivity contribution is -0.133. The highest BCUT2D eigenvalue weighted by Crippen LogP contribution is 2.08. The highest BCUT2D eigenvalue weighted by molar-refractivity contribution is 5.81. The van der Waals surface area contributed by atoms with Crippen molar-refractivity contribution < 1.29 is 4.79 Å². The molecule has 0 fully saturated rings. The first kappa shape index (κ1) is 17.4. The molecule has 0 aliphatic heterocycles. The maximum atomic E-state index is 12.3. The fourth-order valence-electron chi connectivity index (χ4n) is 1.90. The predicted molar refractivity (Wildman–Crippen MR) is 77.4 cm³/mol. The van der Waals surface area contributed by atoms with Gasteiger partial charge in [-0.25, -0.2) is 0 Å². The average molecular weight is 257 g/mol. The van der Waals surface area contributed by atoms with Gasteiger partial charge < -0.3 is 15.5 Å². The molecule has 4 heteroatoms. The largest absolute Gasteiger partial charge is 0.340 e. The lowest BCUT2D eigenvalue weighted by atomic mass is 10.0. The number of rotatable bonds is 8. The molecule has 1 unspecified atom stereocenters. The summed E-state index contributed by atoms with van der Waals surface area (Å²) in [6, 6.07) is -0.356. The molecule has 0 aromatic rings. The Hall–Kier alpha value is -0.610. The van der Waals surface area contributed by atoms with Crippen molar-refractivity contribution in [3.05, 3.63) is 0 Å². The van der Waals surface area contributed by atoms with Crippen LogP contribution in [0.5, 0.6) is 0 Å². The Labute approximate surface area is 113 Å². The first-order valence-electron chi connectivity index (χ1n) is 6.93. The van der Waals surface area contributed by atoms with E-state index in [1.165, 1.54) is 0 Å². The molecule has 0 aliphatic carbocycles. The first-order valence-corrected chi connectivity index (χ1v) is 6.93. The van der Waals surface area contributed by atoms with E-state index in [2.05, 4.69) is 32.6 Å². The Morgan fingerprint density at radius 2 is 1.61 bits per heavy atom. The molecule has 2 N–H and O–H groups in total. The molecular weight excluding hydrogens is 226 g/mol. The van der Waals surface area contributed by atoms with Gasteiger partial charge in [-0.3, -0.25) is 4.79 Å². The van der Waals surface area contributed by atoms with E-state index < -0.39 is 0 Å². The standard InChI is InChI=1S/C14H31N3O/c1-11(2)9-13(15)14(18)17(10-12(3)4)8-7-16(5)6/h11-13H,7-10,15H2,1-6H3. The molecule has 1 atom stereocenters. The summed E-state index contributed by atoms with van der Waals surface area (Å²) in [5, 5.41) is 0. The molecule has 0 bridgehead atoms. The lowest BCUT2D eigenvalue weighted by Gasteiger charge is -2.29. The van der Waals surface area contributed by atoms with Crippen molar-refractivity contribution in [2.45, 2.75) is 40.2 Å². The van der Waals surface area contributed by atoms with Gasteiger partial charge in [-0.2, -0.15) is 0 Å². The second-order valence-corrected chi connectivity index (χ2v) is 6.22. The Morgan fingerprint density at radius 3 is 2.00 bits per heavy atom. The maximum absolute atomic E-state index is 12.3. The van der Waals surface area contributed by atoms with Gasteiger partial charge in [0.2, 0.25) is 5.91 Å². The summed E-state index contributed by atoms with van der Waals surface area (Å²) < 4.78 is 0. The number of carbonyl (C=O) groups excluding carboxylic acids is 1. The number of nitrogens with two attached hydrogens (primary N) is 1. The molecule has 0 aromatic carbocycles. The predicted octanol–water partition coefficient (Wildman–Crippen LogP) is 1.41. The van der Waals surface area contributed by atoms with Crippen LogP contribution in [0.3, 0.4) is 0 Å². The summed E-state index contributed by atoms with van der Waals surface area (Å²) in [7, 11) is 4.04. The zero-order valence-electron chi connectivity index (χ0n) is 12.9. The fraction of sp³-hybridized carbons (Fsp3) is 0.929. The molecule has 0 heterocycles. The van der Waals surface area contributed by atoms with E-state index >= 15 is 0 Å². The molecule has 0 aromatic heterocycles. The topological polar surface area (TPSA) is 49.6 Å². The molecule has 0 saturated heterocycles.